The molecular formula is C27H40O6. The number of ketones is 2. The fourth-order valence-corrected chi connectivity index (χ4v) is 7.90. The average Bonchev–Trinajstić information content (AvgIpc) is 2.96. The minimum absolute atomic E-state index is 0.0331. The predicted octanol–water partition coefficient (Wildman–Crippen LogP) is 3.77. The van der Waals surface area contributed by atoms with Crippen molar-refractivity contribution < 1.29 is 29.3 Å². The molecule has 0 heterocycles. The molecule has 0 aromatic heterocycles. The summed E-state index contributed by atoms with van der Waals surface area (Å²) in [6, 6.07) is 0. The number of allylic oxidation sites excluding steroid dienone is 1. The first-order valence-electron chi connectivity index (χ1n) is 12.5. The lowest BCUT2D eigenvalue weighted by molar-refractivity contribution is -0.184. The molecule has 7 atom stereocenters. The number of ether oxygens (including phenoxy) is 1. The van der Waals surface area contributed by atoms with Crippen molar-refractivity contribution in [2.45, 2.75) is 97.7 Å². The van der Waals surface area contributed by atoms with Gasteiger partial charge in [-0.2, -0.15) is 0 Å². The SMILES string of the molecule is CC(C)(C)CC(=O)OCC(=O)[C@@]1(O)CC[C@@H]2[C@@H]3CCC4=CC(=O)CC[C@]4(C)[C@H]3[C@@H](O)C[C@@]21C. The van der Waals surface area contributed by atoms with Crippen molar-refractivity contribution in [1.29, 1.82) is 0 Å². The van der Waals surface area contributed by atoms with Crippen molar-refractivity contribution >= 4 is 17.5 Å². The maximum absolute atomic E-state index is 13.2. The van der Waals surface area contributed by atoms with Gasteiger partial charge in [-0.25, -0.2) is 0 Å². The van der Waals surface area contributed by atoms with Crippen LogP contribution >= 0.6 is 0 Å². The normalized spacial score (nSPS) is 42.6. The molecule has 6 nitrogen and oxygen atoms in total. The summed E-state index contributed by atoms with van der Waals surface area (Å²) < 4.78 is 5.26. The maximum atomic E-state index is 13.2. The first-order chi connectivity index (χ1) is 15.2. The highest BCUT2D eigenvalue weighted by atomic mass is 16.5. The number of hydrogen-bond acceptors (Lipinski definition) is 6. The molecule has 2 N–H and O–H groups in total. The molecule has 184 valence electrons. The van der Waals surface area contributed by atoms with E-state index >= 15 is 0 Å². The first kappa shape index (κ1) is 24.6. The Labute approximate surface area is 197 Å². The summed E-state index contributed by atoms with van der Waals surface area (Å²) in [4.78, 5) is 37.4. The molecule has 0 aromatic carbocycles. The second kappa shape index (κ2) is 8.01. The molecule has 0 aromatic rings. The zero-order valence-electron chi connectivity index (χ0n) is 20.8. The number of aliphatic hydroxyl groups excluding tert-OH is 1. The first-order valence-corrected chi connectivity index (χ1v) is 12.5. The number of hydrogen-bond donors (Lipinski definition) is 2. The van der Waals surface area contributed by atoms with E-state index in [1.165, 1.54) is 0 Å². The van der Waals surface area contributed by atoms with E-state index in [-0.39, 0.29) is 40.8 Å². The second-order valence-corrected chi connectivity index (χ2v) is 12.8. The predicted molar refractivity (Wildman–Crippen MR) is 123 cm³/mol. The Kier molecular flexibility index (Phi) is 5.97. The molecule has 4 aliphatic rings. The van der Waals surface area contributed by atoms with E-state index in [0.717, 1.165) is 31.3 Å². The third-order valence-corrected chi connectivity index (χ3v) is 9.55. The Bertz CT molecular complexity index is 884. The van der Waals surface area contributed by atoms with Gasteiger partial charge in [0.25, 0.3) is 0 Å². The monoisotopic (exact) mass is 460 g/mol. The lowest BCUT2D eigenvalue weighted by Crippen LogP contribution is -2.62. The van der Waals surface area contributed by atoms with Crippen LogP contribution in [0.1, 0.15) is 86.0 Å². The van der Waals surface area contributed by atoms with Crippen molar-refractivity contribution in [2.24, 2.45) is 34.0 Å². The fraction of sp³-hybridized carbons (Fsp3) is 0.815. The Balaban J connectivity index is 1.55. The van der Waals surface area contributed by atoms with Gasteiger partial charge in [0.15, 0.2) is 12.4 Å². The molecule has 0 radical (unpaired) electrons. The summed E-state index contributed by atoms with van der Waals surface area (Å²) in [6.45, 7) is 9.50. The van der Waals surface area contributed by atoms with Gasteiger partial charge in [0.1, 0.15) is 5.60 Å². The molecule has 0 aliphatic heterocycles. The van der Waals surface area contributed by atoms with Gasteiger partial charge < -0.3 is 14.9 Å². The largest absolute Gasteiger partial charge is 0.458 e. The van der Waals surface area contributed by atoms with Crippen molar-refractivity contribution in [3.05, 3.63) is 11.6 Å². The Morgan fingerprint density at radius 3 is 2.52 bits per heavy atom. The highest BCUT2D eigenvalue weighted by Gasteiger charge is 2.68. The molecule has 33 heavy (non-hydrogen) atoms. The number of rotatable bonds is 4. The quantitative estimate of drug-likeness (QED) is 0.620. The van der Waals surface area contributed by atoms with Crippen LogP contribution < -0.4 is 0 Å². The summed E-state index contributed by atoms with van der Waals surface area (Å²) in [5.41, 5.74) is -1.64. The van der Waals surface area contributed by atoms with Gasteiger partial charge in [0.05, 0.1) is 12.5 Å². The van der Waals surface area contributed by atoms with Crippen LogP contribution in [0, 0.1) is 34.0 Å². The molecule has 4 rings (SSSR count). The third-order valence-electron chi connectivity index (χ3n) is 9.55. The minimum Gasteiger partial charge on any atom is -0.458 e. The second-order valence-electron chi connectivity index (χ2n) is 12.8. The highest BCUT2D eigenvalue weighted by Crippen LogP contribution is 2.67. The molecule has 4 aliphatic carbocycles. The highest BCUT2D eigenvalue weighted by molar-refractivity contribution is 5.92. The Hall–Kier alpha value is -1.53. The van der Waals surface area contributed by atoms with E-state index in [0.29, 0.717) is 19.3 Å². The summed E-state index contributed by atoms with van der Waals surface area (Å²) in [6.07, 6.45) is 5.72. The van der Waals surface area contributed by atoms with Gasteiger partial charge in [-0.05, 0) is 73.2 Å². The Morgan fingerprint density at radius 2 is 1.85 bits per heavy atom. The molecule has 3 saturated carbocycles. The van der Waals surface area contributed by atoms with Gasteiger partial charge in [-0.15, -0.1) is 0 Å². The summed E-state index contributed by atoms with van der Waals surface area (Å²) >= 11 is 0. The van der Waals surface area contributed by atoms with Crippen molar-refractivity contribution in [3.63, 3.8) is 0 Å². The van der Waals surface area contributed by atoms with Crippen LogP contribution in [0.4, 0.5) is 0 Å². The molecule has 0 bridgehead atoms. The molecule has 0 amide bonds. The number of fused-ring (bicyclic) bond motifs is 5. The zero-order valence-corrected chi connectivity index (χ0v) is 20.8. The van der Waals surface area contributed by atoms with Crippen LogP contribution in [0.15, 0.2) is 11.6 Å². The molecular weight excluding hydrogens is 420 g/mol. The number of carbonyl (C=O) groups excluding carboxylic acids is 3. The zero-order chi connectivity index (χ0) is 24.4. The van der Waals surface area contributed by atoms with Gasteiger partial charge in [0, 0.05) is 11.8 Å². The lowest BCUT2D eigenvalue weighted by Gasteiger charge is -2.60. The van der Waals surface area contributed by atoms with Crippen molar-refractivity contribution in [3.8, 4) is 0 Å². The molecule has 3 fully saturated rings. The average molecular weight is 461 g/mol. The van der Waals surface area contributed by atoms with E-state index in [9.17, 15) is 24.6 Å². The lowest BCUT2D eigenvalue weighted by atomic mass is 9.45. The van der Waals surface area contributed by atoms with Crippen LogP contribution in [0.3, 0.4) is 0 Å². The third kappa shape index (κ3) is 3.91. The van der Waals surface area contributed by atoms with Gasteiger partial charge >= 0.3 is 5.97 Å². The topological polar surface area (TPSA) is 101 Å². The van der Waals surface area contributed by atoms with Crippen molar-refractivity contribution in [1.82, 2.24) is 0 Å². The minimum atomic E-state index is -1.61. The van der Waals surface area contributed by atoms with Gasteiger partial charge in [0.2, 0.25) is 5.78 Å². The molecule has 0 unspecified atom stereocenters. The number of carbonyl (C=O) groups is 3. The summed E-state index contributed by atoms with van der Waals surface area (Å²) in [5.74, 6) is -0.371. The standard InChI is InChI=1S/C27H40O6/c1-24(2,3)14-22(31)33-15-21(30)27(32)11-9-19-18-7-6-16-12-17(28)8-10-25(16,4)23(18)20(29)13-26(19,27)5/h12,18-20,23,29,32H,6-11,13-15H2,1-5H3/t18-,19+,20-,23+,25-,26-,27-/m0/s1. The van der Waals surface area contributed by atoms with E-state index in [1.54, 1.807) is 6.08 Å². The van der Waals surface area contributed by atoms with E-state index in [4.69, 9.17) is 4.74 Å². The maximum Gasteiger partial charge on any atom is 0.306 e. The smallest absolute Gasteiger partial charge is 0.306 e. The van der Waals surface area contributed by atoms with Gasteiger partial charge in [-0.3, -0.25) is 14.4 Å². The van der Waals surface area contributed by atoms with E-state index < -0.39 is 35.5 Å². The summed E-state index contributed by atoms with van der Waals surface area (Å²) in [7, 11) is 0. The summed E-state index contributed by atoms with van der Waals surface area (Å²) in [5, 5.41) is 23.1. The van der Waals surface area contributed by atoms with Crippen LogP contribution in [0.2, 0.25) is 0 Å². The Morgan fingerprint density at radius 1 is 1.15 bits per heavy atom. The van der Waals surface area contributed by atoms with Crippen LogP contribution in [-0.2, 0) is 19.1 Å². The molecule has 0 saturated heterocycles. The van der Waals surface area contributed by atoms with E-state index in [2.05, 4.69) is 6.92 Å². The van der Waals surface area contributed by atoms with Crippen molar-refractivity contribution in [2.75, 3.05) is 6.61 Å². The number of Topliss-reactive ketones (excluding diaryl/α,β-unsaturated/α-hetero) is 1. The van der Waals surface area contributed by atoms with E-state index in [1.807, 2.05) is 27.7 Å². The molecule has 6 heteroatoms. The molecule has 0 spiro atoms. The fourth-order valence-electron chi connectivity index (χ4n) is 7.90. The van der Waals surface area contributed by atoms with Crippen LogP contribution in [-0.4, -0.2) is 46.1 Å². The number of aliphatic hydroxyl groups is 2. The van der Waals surface area contributed by atoms with Gasteiger partial charge in [-0.1, -0.05) is 40.2 Å². The van der Waals surface area contributed by atoms with Crippen LogP contribution in [0.25, 0.3) is 0 Å². The number of esters is 1. The van der Waals surface area contributed by atoms with Crippen LogP contribution in [0.5, 0.6) is 0 Å².